The zero-order valence-corrected chi connectivity index (χ0v) is 14.2. The Morgan fingerprint density at radius 2 is 1.63 bits per heavy atom. The van der Waals surface area contributed by atoms with Crippen molar-refractivity contribution in [1.82, 2.24) is 4.90 Å². The lowest BCUT2D eigenvalue weighted by atomic mass is 10.1. The SMILES string of the molecule is O=C(Nc1ccccc1C(F)(F)F)N(Cc1ccccc1)Cc1ccco1. The molecule has 27 heavy (non-hydrogen) atoms. The average Bonchev–Trinajstić information content (AvgIpc) is 3.15. The molecule has 0 saturated heterocycles. The number of para-hydroxylation sites is 1. The summed E-state index contributed by atoms with van der Waals surface area (Å²) < 4.78 is 44.8. The lowest BCUT2D eigenvalue weighted by molar-refractivity contribution is -0.136. The lowest BCUT2D eigenvalue weighted by Crippen LogP contribution is -2.34. The van der Waals surface area contributed by atoms with Gasteiger partial charge in [-0.3, -0.25) is 0 Å². The van der Waals surface area contributed by atoms with Crippen LogP contribution in [0.4, 0.5) is 23.7 Å². The molecule has 0 atom stereocenters. The van der Waals surface area contributed by atoms with Crippen LogP contribution in [-0.2, 0) is 19.3 Å². The van der Waals surface area contributed by atoms with Gasteiger partial charge < -0.3 is 14.6 Å². The maximum absolute atomic E-state index is 13.2. The number of anilines is 1. The Bertz CT molecular complexity index is 878. The minimum absolute atomic E-state index is 0.127. The van der Waals surface area contributed by atoms with Crippen LogP contribution in [0.3, 0.4) is 0 Å². The van der Waals surface area contributed by atoms with Crippen molar-refractivity contribution >= 4 is 11.7 Å². The van der Waals surface area contributed by atoms with Crippen LogP contribution in [0.15, 0.2) is 77.4 Å². The van der Waals surface area contributed by atoms with Crippen LogP contribution in [-0.4, -0.2) is 10.9 Å². The number of urea groups is 1. The topological polar surface area (TPSA) is 45.5 Å². The van der Waals surface area contributed by atoms with E-state index in [1.54, 1.807) is 12.1 Å². The van der Waals surface area contributed by atoms with Crippen LogP contribution < -0.4 is 5.32 Å². The van der Waals surface area contributed by atoms with E-state index in [0.717, 1.165) is 11.6 Å². The zero-order chi connectivity index (χ0) is 19.3. The van der Waals surface area contributed by atoms with Crippen molar-refractivity contribution in [3.63, 3.8) is 0 Å². The molecular formula is C20H17F3N2O2. The maximum atomic E-state index is 13.2. The highest BCUT2D eigenvalue weighted by Crippen LogP contribution is 2.34. The fourth-order valence-electron chi connectivity index (χ4n) is 2.63. The van der Waals surface area contributed by atoms with Crippen LogP contribution in [0, 0.1) is 0 Å². The number of carbonyl (C=O) groups is 1. The Balaban J connectivity index is 1.83. The van der Waals surface area contributed by atoms with E-state index in [0.29, 0.717) is 5.76 Å². The summed E-state index contributed by atoms with van der Waals surface area (Å²) in [7, 11) is 0. The first kappa shape index (κ1) is 18.6. The van der Waals surface area contributed by atoms with E-state index >= 15 is 0 Å². The molecule has 0 unspecified atom stereocenters. The molecule has 4 nitrogen and oxygen atoms in total. The Kier molecular flexibility index (Phi) is 5.49. The van der Waals surface area contributed by atoms with E-state index in [1.807, 2.05) is 30.3 Å². The number of nitrogens with zero attached hydrogens (tertiary/aromatic N) is 1. The molecule has 1 N–H and O–H groups in total. The van der Waals surface area contributed by atoms with Crippen molar-refractivity contribution in [2.45, 2.75) is 19.3 Å². The molecule has 7 heteroatoms. The summed E-state index contributed by atoms with van der Waals surface area (Å²) >= 11 is 0. The monoisotopic (exact) mass is 374 g/mol. The fourth-order valence-corrected chi connectivity index (χ4v) is 2.63. The van der Waals surface area contributed by atoms with Gasteiger partial charge >= 0.3 is 12.2 Å². The second-order valence-corrected chi connectivity index (χ2v) is 5.89. The number of rotatable bonds is 5. The van der Waals surface area contributed by atoms with Gasteiger partial charge in [0.25, 0.3) is 0 Å². The van der Waals surface area contributed by atoms with Gasteiger partial charge in [-0.1, -0.05) is 42.5 Å². The molecular weight excluding hydrogens is 357 g/mol. The summed E-state index contributed by atoms with van der Waals surface area (Å²) in [5, 5.41) is 2.38. The van der Waals surface area contributed by atoms with E-state index in [9.17, 15) is 18.0 Å². The average molecular weight is 374 g/mol. The second kappa shape index (κ2) is 7.99. The van der Waals surface area contributed by atoms with Gasteiger partial charge in [-0.25, -0.2) is 4.79 Å². The predicted molar refractivity (Wildman–Crippen MR) is 94.9 cm³/mol. The number of halogens is 3. The molecule has 0 spiro atoms. The Labute approximate surface area is 154 Å². The normalized spacial score (nSPS) is 11.2. The molecule has 0 aliphatic carbocycles. The highest BCUT2D eigenvalue weighted by Gasteiger charge is 2.34. The summed E-state index contributed by atoms with van der Waals surface area (Å²) in [6, 6.07) is 16.8. The molecule has 1 heterocycles. The molecule has 2 amide bonds. The quantitative estimate of drug-likeness (QED) is 0.638. The lowest BCUT2D eigenvalue weighted by Gasteiger charge is -2.23. The zero-order valence-electron chi connectivity index (χ0n) is 14.2. The van der Waals surface area contributed by atoms with Crippen LogP contribution in [0.5, 0.6) is 0 Å². The third-order valence-electron chi connectivity index (χ3n) is 3.90. The number of amides is 2. The Hall–Kier alpha value is -3.22. The van der Waals surface area contributed by atoms with Crippen molar-refractivity contribution in [2.75, 3.05) is 5.32 Å². The summed E-state index contributed by atoms with van der Waals surface area (Å²) in [6.45, 7) is 0.351. The molecule has 0 fully saturated rings. The molecule has 1 aromatic heterocycles. The van der Waals surface area contributed by atoms with Gasteiger partial charge in [0.15, 0.2) is 0 Å². The minimum atomic E-state index is -4.56. The van der Waals surface area contributed by atoms with E-state index in [4.69, 9.17) is 4.42 Å². The van der Waals surface area contributed by atoms with E-state index < -0.39 is 17.8 Å². The molecule has 0 bridgehead atoms. The van der Waals surface area contributed by atoms with E-state index in [2.05, 4.69) is 5.32 Å². The molecule has 2 aromatic carbocycles. The van der Waals surface area contributed by atoms with Crippen LogP contribution in [0.1, 0.15) is 16.9 Å². The van der Waals surface area contributed by atoms with Gasteiger partial charge in [0.2, 0.25) is 0 Å². The van der Waals surface area contributed by atoms with Crippen molar-refractivity contribution < 1.29 is 22.4 Å². The number of benzene rings is 2. The first-order valence-corrected chi connectivity index (χ1v) is 8.22. The third-order valence-corrected chi connectivity index (χ3v) is 3.90. The molecule has 3 rings (SSSR count). The van der Waals surface area contributed by atoms with Crippen molar-refractivity contribution in [3.8, 4) is 0 Å². The molecule has 0 aliphatic rings. The number of nitrogens with one attached hydrogen (secondary N) is 1. The van der Waals surface area contributed by atoms with Gasteiger partial charge in [0.1, 0.15) is 5.76 Å². The van der Waals surface area contributed by atoms with Crippen LogP contribution >= 0.6 is 0 Å². The number of furan rings is 1. The second-order valence-electron chi connectivity index (χ2n) is 5.89. The molecule has 0 aliphatic heterocycles. The largest absolute Gasteiger partial charge is 0.467 e. The number of hydrogen-bond donors (Lipinski definition) is 1. The van der Waals surface area contributed by atoms with Gasteiger partial charge in [-0.15, -0.1) is 0 Å². The Morgan fingerprint density at radius 1 is 0.926 bits per heavy atom. The molecule has 0 saturated carbocycles. The van der Waals surface area contributed by atoms with Crippen molar-refractivity contribution in [1.29, 1.82) is 0 Å². The van der Waals surface area contributed by atoms with Gasteiger partial charge in [-0.2, -0.15) is 13.2 Å². The number of carbonyl (C=O) groups excluding carboxylic acids is 1. The van der Waals surface area contributed by atoms with Crippen LogP contribution in [0.2, 0.25) is 0 Å². The standard InChI is InChI=1S/C20H17F3N2O2/c21-20(22,23)17-10-4-5-11-18(17)24-19(26)25(14-16-9-6-12-27-16)13-15-7-2-1-3-8-15/h1-12H,13-14H2,(H,24,26). The van der Waals surface area contributed by atoms with Gasteiger partial charge in [-0.05, 0) is 29.8 Å². The maximum Gasteiger partial charge on any atom is 0.418 e. The molecule has 140 valence electrons. The van der Waals surface area contributed by atoms with Crippen molar-refractivity contribution in [2.24, 2.45) is 0 Å². The van der Waals surface area contributed by atoms with Crippen LogP contribution in [0.25, 0.3) is 0 Å². The first-order chi connectivity index (χ1) is 12.9. The summed E-state index contributed by atoms with van der Waals surface area (Å²) in [5.41, 5.74) is -0.327. The van der Waals surface area contributed by atoms with E-state index in [1.165, 1.54) is 29.4 Å². The fraction of sp³-hybridized carbons (Fsp3) is 0.150. The number of hydrogen-bond acceptors (Lipinski definition) is 2. The molecule has 0 radical (unpaired) electrons. The smallest absolute Gasteiger partial charge is 0.418 e. The third kappa shape index (κ3) is 4.91. The summed E-state index contributed by atoms with van der Waals surface area (Å²) in [5.74, 6) is 0.533. The predicted octanol–water partition coefficient (Wildman–Crippen LogP) is 5.53. The molecule has 3 aromatic rings. The highest BCUT2D eigenvalue weighted by atomic mass is 19.4. The van der Waals surface area contributed by atoms with Gasteiger partial charge in [0, 0.05) is 6.54 Å². The Morgan fingerprint density at radius 3 is 2.30 bits per heavy atom. The highest BCUT2D eigenvalue weighted by molar-refractivity contribution is 5.90. The van der Waals surface area contributed by atoms with E-state index in [-0.39, 0.29) is 18.8 Å². The number of alkyl halides is 3. The minimum Gasteiger partial charge on any atom is -0.467 e. The van der Waals surface area contributed by atoms with Gasteiger partial charge in [0.05, 0.1) is 24.1 Å². The first-order valence-electron chi connectivity index (χ1n) is 8.22. The summed E-state index contributed by atoms with van der Waals surface area (Å²) in [4.78, 5) is 14.1. The van der Waals surface area contributed by atoms with Crippen molar-refractivity contribution in [3.05, 3.63) is 89.9 Å². The summed E-state index contributed by atoms with van der Waals surface area (Å²) in [6.07, 6.45) is -3.08.